The molecule has 3 fully saturated rings. The molecule has 1 aromatic carbocycles. The third kappa shape index (κ3) is 3.14. The van der Waals surface area contributed by atoms with Crippen molar-refractivity contribution >= 4 is 17.3 Å². The van der Waals surface area contributed by atoms with Crippen molar-refractivity contribution in [2.75, 3.05) is 37.6 Å². The summed E-state index contributed by atoms with van der Waals surface area (Å²) in [7, 11) is 0. The zero-order valence-electron chi connectivity index (χ0n) is 13.3. The number of nitro groups is 1. The second-order valence-corrected chi connectivity index (χ2v) is 6.08. The lowest BCUT2D eigenvalue weighted by atomic mass is 10.0. The molecule has 3 heterocycles. The van der Waals surface area contributed by atoms with Crippen molar-refractivity contribution in [3.05, 3.63) is 33.9 Å². The molecule has 3 aliphatic heterocycles. The van der Waals surface area contributed by atoms with Gasteiger partial charge in [-0.1, -0.05) is 0 Å². The molecule has 1 aromatic rings. The van der Waals surface area contributed by atoms with Crippen LogP contribution in [0.2, 0.25) is 0 Å². The van der Waals surface area contributed by atoms with Crippen LogP contribution < -0.4 is 10.2 Å². The van der Waals surface area contributed by atoms with E-state index in [-0.39, 0.29) is 17.2 Å². The Morgan fingerprint density at radius 3 is 2.70 bits per heavy atom. The standard InChI is InChI=1S/C16H22N4O3/c1-2-17-16(21)14-11-13(3-4-15(14)20(22)23)19-10-9-18-7-5-12(19)6-8-18/h3-4,11-12H,2,5-10H2,1H3,(H,17,21). The molecular formula is C16H22N4O3. The van der Waals surface area contributed by atoms with E-state index >= 15 is 0 Å². The molecule has 124 valence electrons. The minimum Gasteiger partial charge on any atom is -0.367 e. The van der Waals surface area contributed by atoms with E-state index in [1.807, 2.05) is 0 Å². The molecule has 0 atom stereocenters. The van der Waals surface area contributed by atoms with E-state index in [0.717, 1.165) is 44.7 Å². The van der Waals surface area contributed by atoms with E-state index in [1.165, 1.54) is 6.07 Å². The maximum atomic E-state index is 12.2. The van der Waals surface area contributed by atoms with Gasteiger partial charge in [0.15, 0.2) is 0 Å². The van der Waals surface area contributed by atoms with Crippen molar-refractivity contribution in [2.45, 2.75) is 25.8 Å². The summed E-state index contributed by atoms with van der Waals surface area (Å²) in [6, 6.07) is 5.36. The van der Waals surface area contributed by atoms with Gasteiger partial charge in [-0.2, -0.15) is 0 Å². The summed E-state index contributed by atoms with van der Waals surface area (Å²) in [5.74, 6) is -0.385. The summed E-state index contributed by atoms with van der Waals surface area (Å²) in [5, 5.41) is 13.9. The van der Waals surface area contributed by atoms with Crippen LogP contribution in [0.5, 0.6) is 0 Å². The summed E-state index contributed by atoms with van der Waals surface area (Å²) >= 11 is 0. The molecule has 2 bridgehead atoms. The predicted octanol–water partition coefficient (Wildman–Crippen LogP) is 1.63. The number of hydrogen-bond acceptors (Lipinski definition) is 5. The van der Waals surface area contributed by atoms with Crippen LogP contribution in [0.4, 0.5) is 11.4 Å². The molecule has 4 rings (SSSR count). The van der Waals surface area contributed by atoms with Gasteiger partial charge >= 0.3 is 0 Å². The van der Waals surface area contributed by atoms with Gasteiger partial charge in [0.05, 0.1) is 4.92 Å². The molecule has 0 saturated carbocycles. The molecule has 0 aliphatic carbocycles. The van der Waals surface area contributed by atoms with E-state index < -0.39 is 4.92 Å². The highest BCUT2D eigenvalue weighted by molar-refractivity contribution is 5.99. The van der Waals surface area contributed by atoms with Crippen LogP contribution in [0.15, 0.2) is 18.2 Å². The van der Waals surface area contributed by atoms with Crippen LogP contribution in [0.25, 0.3) is 0 Å². The van der Waals surface area contributed by atoms with Gasteiger partial charge in [-0.25, -0.2) is 0 Å². The highest BCUT2D eigenvalue weighted by Crippen LogP contribution is 2.30. The summed E-state index contributed by atoms with van der Waals surface area (Å²) in [4.78, 5) is 27.7. The average molecular weight is 318 g/mol. The third-order valence-electron chi connectivity index (χ3n) is 4.75. The number of fused-ring (bicyclic) bond motifs is 4. The molecule has 3 aliphatic rings. The lowest BCUT2D eigenvalue weighted by Crippen LogP contribution is -2.38. The lowest BCUT2D eigenvalue weighted by molar-refractivity contribution is -0.385. The average Bonchev–Trinajstić information content (AvgIpc) is 2.88. The quantitative estimate of drug-likeness (QED) is 0.674. The number of hydrogen-bond donors (Lipinski definition) is 1. The zero-order valence-corrected chi connectivity index (χ0v) is 13.3. The number of nitrogens with one attached hydrogen (secondary N) is 1. The van der Waals surface area contributed by atoms with E-state index in [9.17, 15) is 14.9 Å². The maximum absolute atomic E-state index is 12.2. The van der Waals surface area contributed by atoms with E-state index in [0.29, 0.717) is 12.6 Å². The van der Waals surface area contributed by atoms with Crippen LogP contribution >= 0.6 is 0 Å². The van der Waals surface area contributed by atoms with Gasteiger partial charge in [0, 0.05) is 50.5 Å². The number of piperidine rings is 1. The number of carbonyl (C=O) groups excluding carboxylic acids is 1. The Bertz CT molecular complexity index is 611. The van der Waals surface area contributed by atoms with Gasteiger partial charge in [-0.15, -0.1) is 0 Å². The maximum Gasteiger partial charge on any atom is 0.282 e. The fourth-order valence-corrected chi connectivity index (χ4v) is 3.53. The molecule has 1 N–H and O–H groups in total. The van der Waals surface area contributed by atoms with E-state index in [1.54, 1.807) is 19.1 Å². The Morgan fingerprint density at radius 2 is 2.04 bits per heavy atom. The van der Waals surface area contributed by atoms with Crippen molar-refractivity contribution in [3.8, 4) is 0 Å². The van der Waals surface area contributed by atoms with Crippen molar-refractivity contribution in [1.29, 1.82) is 0 Å². The molecule has 3 saturated heterocycles. The Kier molecular flexibility index (Phi) is 4.47. The molecular weight excluding hydrogens is 296 g/mol. The summed E-state index contributed by atoms with van der Waals surface area (Å²) in [6.45, 7) is 6.37. The van der Waals surface area contributed by atoms with E-state index in [2.05, 4.69) is 15.1 Å². The number of amides is 1. The number of benzene rings is 1. The first-order valence-electron chi connectivity index (χ1n) is 8.15. The van der Waals surface area contributed by atoms with Gasteiger partial charge in [-0.05, 0) is 31.9 Å². The molecule has 7 nitrogen and oxygen atoms in total. The van der Waals surface area contributed by atoms with Gasteiger partial charge in [0.25, 0.3) is 11.6 Å². The molecule has 0 radical (unpaired) electrons. The Morgan fingerprint density at radius 1 is 1.30 bits per heavy atom. The van der Waals surface area contributed by atoms with Crippen molar-refractivity contribution in [1.82, 2.24) is 10.2 Å². The molecule has 0 unspecified atom stereocenters. The highest BCUT2D eigenvalue weighted by Gasteiger charge is 2.30. The second-order valence-electron chi connectivity index (χ2n) is 6.08. The van der Waals surface area contributed by atoms with Gasteiger partial charge in [-0.3, -0.25) is 14.9 Å². The first kappa shape index (κ1) is 15.7. The number of rotatable bonds is 4. The molecule has 23 heavy (non-hydrogen) atoms. The highest BCUT2D eigenvalue weighted by atomic mass is 16.6. The van der Waals surface area contributed by atoms with Gasteiger partial charge in [0.1, 0.15) is 5.56 Å². The minimum atomic E-state index is -0.492. The van der Waals surface area contributed by atoms with Crippen LogP contribution in [0.3, 0.4) is 0 Å². The number of nitrogens with zero attached hydrogens (tertiary/aromatic N) is 3. The smallest absolute Gasteiger partial charge is 0.282 e. The number of nitro benzene ring substituents is 1. The molecule has 0 aromatic heterocycles. The Labute approximate surface area is 135 Å². The minimum absolute atomic E-state index is 0.137. The second kappa shape index (κ2) is 6.54. The normalized spacial score (nSPS) is 23.4. The zero-order chi connectivity index (χ0) is 16.4. The Hall–Kier alpha value is -2.15. The monoisotopic (exact) mass is 318 g/mol. The first-order valence-corrected chi connectivity index (χ1v) is 8.15. The van der Waals surface area contributed by atoms with Gasteiger partial charge in [0.2, 0.25) is 0 Å². The predicted molar refractivity (Wildman–Crippen MR) is 87.9 cm³/mol. The topological polar surface area (TPSA) is 78.7 Å². The largest absolute Gasteiger partial charge is 0.367 e. The van der Waals surface area contributed by atoms with Crippen LogP contribution in [-0.2, 0) is 0 Å². The van der Waals surface area contributed by atoms with Crippen LogP contribution in [0.1, 0.15) is 30.1 Å². The lowest BCUT2D eigenvalue weighted by Gasteiger charge is -2.33. The SMILES string of the molecule is CCNC(=O)c1cc(N2CCN3CCC2CC3)ccc1[N+](=O)[O-]. The Balaban J connectivity index is 1.95. The fourth-order valence-electron chi connectivity index (χ4n) is 3.53. The van der Waals surface area contributed by atoms with Crippen LogP contribution in [-0.4, -0.2) is 54.5 Å². The first-order chi connectivity index (χ1) is 11.1. The summed E-state index contributed by atoms with van der Waals surface area (Å²) in [5.41, 5.74) is 0.918. The number of anilines is 1. The van der Waals surface area contributed by atoms with Crippen molar-refractivity contribution in [2.24, 2.45) is 0 Å². The van der Waals surface area contributed by atoms with Crippen molar-refractivity contribution < 1.29 is 9.72 Å². The number of carbonyl (C=O) groups is 1. The summed E-state index contributed by atoms with van der Waals surface area (Å²) in [6.07, 6.45) is 2.21. The van der Waals surface area contributed by atoms with E-state index in [4.69, 9.17) is 0 Å². The molecule has 7 heteroatoms. The molecule has 0 spiro atoms. The van der Waals surface area contributed by atoms with Gasteiger partial charge < -0.3 is 15.1 Å². The third-order valence-corrected chi connectivity index (χ3v) is 4.75. The molecule has 1 amide bonds. The fraction of sp³-hybridized carbons (Fsp3) is 0.562. The summed E-state index contributed by atoms with van der Waals surface area (Å²) < 4.78 is 0. The van der Waals surface area contributed by atoms with Crippen LogP contribution in [0, 0.1) is 10.1 Å². The van der Waals surface area contributed by atoms with Crippen molar-refractivity contribution in [3.63, 3.8) is 0 Å².